The highest BCUT2D eigenvalue weighted by atomic mass is 19.4. The van der Waals surface area contributed by atoms with Crippen LogP contribution in [-0.2, 0) is 9.53 Å². The van der Waals surface area contributed by atoms with Crippen LogP contribution in [0.2, 0.25) is 0 Å². The SMILES string of the molecule is CC1=C(C(=O)CNC(=O)OC(C)(C)C)CNN1CC(F)(F)F. The number of Topliss-reactive ketones (excluding diaryl/α,β-unsaturated/α-hetero) is 1. The van der Waals surface area contributed by atoms with Gasteiger partial charge in [-0.1, -0.05) is 0 Å². The van der Waals surface area contributed by atoms with Crippen molar-refractivity contribution in [2.45, 2.75) is 39.5 Å². The fourth-order valence-corrected chi connectivity index (χ4v) is 1.81. The predicted molar refractivity (Wildman–Crippen MR) is 72.7 cm³/mol. The number of nitrogens with zero attached hydrogens (tertiary/aromatic N) is 1. The van der Waals surface area contributed by atoms with Crippen molar-refractivity contribution < 1.29 is 27.5 Å². The summed E-state index contributed by atoms with van der Waals surface area (Å²) in [7, 11) is 0. The number of alkyl halides is 3. The van der Waals surface area contributed by atoms with Gasteiger partial charge in [-0.05, 0) is 27.7 Å². The van der Waals surface area contributed by atoms with Gasteiger partial charge in [0.1, 0.15) is 12.1 Å². The number of amides is 1. The molecule has 1 rings (SSSR count). The molecular weight excluding hydrogens is 303 g/mol. The zero-order valence-corrected chi connectivity index (χ0v) is 12.9. The first-order chi connectivity index (χ1) is 9.89. The molecule has 0 aromatic carbocycles. The molecule has 0 aromatic heterocycles. The van der Waals surface area contributed by atoms with E-state index in [2.05, 4.69) is 10.7 Å². The van der Waals surface area contributed by atoms with Crippen molar-refractivity contribution in [2.24, 2.45) is 0 Å². The summed E-state index contributed by atoms with van der Waals surface area (Å²) in [5.74, 6) is -0.458. The first kappa shape index (κ1) is 18.3. The number of allylic oxidation sites excluding steroid dienone is 1. The van der Waals surface area contributed by atoms with E-state index in [0.717, 1.165) is 5.01 Å². The van der Waals surface area contributed by atoms with Crippen LogP contribution in [0.25, 0.3) is 0 Å². The van der Waals surface area contributed by atoms with Gasteiger partial charge in [0.2, 0.25) is 0 Å². The highest BCUT2D eigenvalue weighted by molar-refractivity contribution is 5.99. The lowest BCUT2D eigenvalue weighted by atomic mass is 10.1. The van der Waals surface area contributed by atoms with E-state index in [-0.39, 0.29) is 24.4 Å². The average Bonchev–Trinajstić information content (AvgIpc) is 2.64. The minimum absolute atomic E-state index is 0.00323. The summed E-state index contributed by atoms with van der Waals surface area (Å²) in [5.41, 5.74) is 2.21. The van der Waals surface area contributed by atoms with Gasteiger partial charge in [0.05, 0.1) is 6.54 Å². The number of nitrogens with one attached hydrogen (secondary N) is 2. The Kier molecular flexibility index (Phi) is 5.44. The number of ether oxygens (including phenoxy) is 1. The van der Waals surface area contributed by atoms with E-state index in [9.17, 15) is 22.8 Å². The summed E-state index contributed by atoms with van der Waals surface area (Å²) in [5, 5.41) is 3.16. The normalized spacial score (nSPS) is 16.0. The molecule has 9 heteroatoms. The lowest BCUT2D eigenvalue weighted by Crippen LogP contribution is -2.39. The van der Waals surface area contributed by atoms with E-state index < -0.39 is 30.2 Å². The fraction of sp³-hybridized carbons (Fsp3) is 0.692. The molecule has 0 unspecified atom stereocenters. The van der Waals surface area contributed by atoms with Crippen molar-refractivity contribution in [2.75, 3.05) is 19.6 Å². The molecule has 1 amide bonds. The molecule has 0 aliphatic carbocycles. The van der Waals surface area contributed by atoms with E-state index in [0.29, 0.717) is 0 Å². The maximum Gasteiger partial charge on any atom is 0.408 e. The Morgan fingerprint density at radius 3 is 2.41 bits per heavy atom. The largest absolute Gasteiger partial charge is 0.444 e. The molecule has 0 saturated carbocycles. The lowest BCUT2D eigenvalue weighted by molar-refractivity contribution is -0.145. The van der Waals surface area contributed by atoms with Gasteiger partial charge in [0.15, 0.2) is 5.78 Å². The maximum atomic E-state index is 12.4. The molecule has 0 aromatic rings. The van der Waals surface area contributed by atoms with Crippen LogP contribution in [0.1, 0.15) is 27.7 Å². The van der Waals surface area contributed by atoms with Crippen LogP contribution >= 0.6 is 0 Å². The van der Waals surface area contributed by atoms with Gasteiger partial charge in [-0.25, -0.2) is 10.2 Å². The highest BCUT2D eigenvalue weighted by Gasteiger charge is 2.34. The third-order valence-corrected chi connectivity index (χ3v) is 2.75. The number of rotatable bonds is 4. The van der Waals surface area contributed by atoms with Crippen LogP contribution in [0.5, 0.6) is 0 Å². The number of carbonyl (C=O) groups excluding carboxylic acids is 2. The number of hydrazine groups is 1. The van der Waals surface area contributed by atoms with Crippen LogP contribution < -0.4 is 10.7 Å². The maximum absolute atomic E-state index is 12.4. The molecule has 126 valence electrons. The predicted octanol–water partition coefficient (Wildman–Crippen LogP) is 1.74. The second-order valence-electron chi connectivity index (χ2n) is 5.88. The van der Waals surface area contributed by atoms with Gasteiger partial charge >= 0.3 is 12.3 Å². The van der Waals surface area contributed by atoms with Crippen LogP contribution in [0.3, 0.4) is 0 Å². The van der Waals surface area contributed by atoms with Gasteiger partial charge in [0, 0.05) is 17.8 Å². The second kappa shape index (κ2) is 6.55. The van der Waals surface area contributed by atoms with E-state index in [4.69, 9.17) is 4.74 Å². The van der Waals surface area contributed by atoms with Crippen molar-refractivity contribution in [1.29, 1.82) is 0 Å². The standard InChI is InChI=1S/C13H20F3N3O3/c1-8-9(5-18-19(8)7-13(14,15)16)10(20)6-17-11(21)22-12(2,3)4/h18H,5-7H2,1-4H3,(H,17,21). The fourth-order valence-electron chi connectivity index (χ4n) is 1.81. The Morgan fingerprint density at radius 2 is 1.91 bits per heavy atom. The first-order valence-electron chi connectivity index (χ1n) is 6.66. The molecule has 1 aliphatic heterocycles. The Morgan fingerprint density at radius 1 is 1.32 bits per heavy atom. The van der Waals surface area contributed by atoms with E-state index in [1.54, 1.807) is 20.8 Å². The minimum atomic E-state index is -4.37. The van der Waals surface area contributed by atoms with Crippen molar-refractivity contribution in [3.8, 4) is 0 Å². The zero-order chi connectivity index (χ0) is 17.1. The van der Waals surface area contributed by atoms with Gasteiger partial charge in [0.25, 0.3) is 0 Å². The molecule has 6 nitrogen and oxygen atoms in total. The molecule has 0 atom stereocenters. The topological polar surface area (TPSA) is 70.7 Å². The lowest BCUT2D eigenvalue weighted by Gasteiger charge is -2.21. The average molecular weight is 323 g/mol. The molecule has 0 radical (unpaired) electrons. The zero-order valence-electron chi connectivity index (χ0n) is 12.9. The quantitative estimate of drug-likeness (QED) is 0.825. The van der Waals surface area contributed by atoms with Crippen molar-refractivity contribution in [1.82, 2.24) is 15.8 Å². The van der Waals surface area contributed by atoms with Gasteiger partial charge < -0.3 is 15.1 Å². The number of halogens is 3. The third kappa shape index (κ3) is 5.92. The number of ketones is 1. The summed E-state index contributed by atoms with van der Waals surface area (Å²) in [6.07, 6.45) is -5.13. The van der Waals surface area contributed by atoms with Crippen LogP contribution in [0, 0.1) is 0 Å². The Bertz CT molecular complexity index is 481. The number of carbonyl (C=O) groups is 2. The Hall–Kier alpha value is -1.77. The van der Waals surface area contributed by atoms with Gasteiger partial charge in [-0.15, -0.1) is 0 Å². The monoisotopic (exact) mass is 323 g/mol. The molecule has 0 fully saturated rings. The van der Waals surface area contributed by atoms with E-state index >= 15 is 0 Å². The first-order valence-corrected chi connectivity index (χ1v) is 6.66. The van der Waals surface area contributed by atoms with Crippen LogP contribution in [0.4, 0.5) is 18.0 Å². The molecule has 22 heavy (non-hydrogen) atoms. The summed E-state index contributed by atoms with van der Waals surface area (Å²) in [6, 6.07) is 0. The third-order valence-electron chi connectivity index (χ3n) is 2.75. The number of alkyl carbamates (subject to hydrolysis) is 1. The number of hydrogen-bond donors (Lipinski definition) is 2. The van der Waals surface area contributed by atoms with Gasteiger partial charge in [-0.3, -0.25) is 4.79 Å². The molecule has 2 N–H and O–H groups in total. The summed E-state index contributed by atoms with van der Waals surface area (Å²) < 4.78 is 42.0. The van der Waals surface area contributed by atoms with Crippen molar-refractivity contribution >= 4 is 11.9 Å². The Labute approximate surface area is 126 Å². The van der Waals surface area contributed by atoms with Crippen molar-refractivity contribution in [3.05, 3.63) is 11.3 Å². The minimum Gasteiger partial charge on any atom is -0.444 e. The second-order valence-corrected chi connectivity index (χ2v) is 5.88. The summed E-state index contributed by atoms with van der Waals surface area (Å²) in [4.78, 5) is 23.4. The molecule has 0 saturated heterocycles. The molecule has 1 heterocycles. The van der Waals surface area contributed by atoms with Crippen LogP contribution in [0.15, 0.2) is 11.3 Å². The molecule has 0 bridgehead atoms. The summed E-state index contributed by atoms with van der Waals surface area (Å²) >= 11 is 0. The smallest absolute Gasteiger partial charge is 0.408 e. The summed E-state index contributed by atoms with van der Waals surface area (Å²) in [6.45, 7) is 4.94. The van der Waals surface area contributed by atoms with Gasteiger partial charge in [-0.2, -0.15) is 13.2 Å². The van der Waals surface area contributed by atoms with Crippen molar-refractivity contribution in [3.63, 3.8) is 0 Å². The molecular formula is C13H20F3N3O3. The number of hydrogen-bond acceptors (Lipinski definition) is 5. The Balaban J connectivity index is 2.57. The van der Waals surface area contributed by atoms with E-state index in [1.807, 2.05) is 0 Å². The molecule has 1 aliphatic rings. The van der Waals surface area contributed by atoms with E-state index in [1.165, 1.54) is 6.92 Å². The van der Waals surface area contributed by atoms with Crippen LogP contribution in [-0.4, -0.2) is 48.3 Å². The molecule has 0 spiro atoms. The highest BCUT2D eigenvalue weighted by Crippen LogP contribution is 2.22.